The van der Waals surface area contributed by atoms with E-state index >= 15 is 0 Å². The molecule has 0 radical (unpaired) electrons. The van der Waals surface area contributed by atoms with Crippen molar-refractivity contribution in [2.45, 2.75) is 143 Å². The summed E-state index contributed by atoms with van der Waals surface area (Å²) in [6.45, 7) is 16.3. The van der Waals surface area contributed by atoms with Crippen molar-refractivity contribution in [2.24, 2.45) is 23.7 Å². The fraction of sp³-hybridized carbons (Fsp3) is 0.784. The molecule has 50 heavy (non-hydrogen) atoms. The molecule has 0 aromatic carbocycles. The topological polar surface area (TPSA) is 168 Å². The lowest BCUT2D eigenvalue weighted by Crippen LogP contribution is -2.62. The van der Waals surface area contributed by atoms with Gasteiger partial charge in [0.25, 0.3) is 11.8 Å². The Morgan fingerprint density at radius 3 is 2.10 bits per heavy atom. The maximum Gasteiger partial charge on any atom is 0.253 e. The molecule has 284 valence electrons. The summed E-state index contributed by atoms with van der Waals surface area (Å²) in [5.41, 5.74) is 0. The smallest absolute Gasteiger partial charge is 0.253 e. The number of nitrogens with zero attached hydrogens (tertiary/aromatic N) is 4. The summed E-state index contributed by atoms with van der Waals surface area (Å²) in [5, 5.41) is 24.0. The molecule has 6 amide bonds. The maximum absolute atomic E-state index is 14.1. The number of imide groups is 1. The SMILES string of the molecule is CCCC[C@@H](C)C[C@@H](C)C(=O)N(C)[C@@H](CC(C)C)C(=O)N[C@H](C(=O)N(C)[C@H](C(=O)N1C[C@@H](O)C[C@H]1C(=O)N1C(=O)C=C[C@@H]1C)C(C)C)[C@@H](C)O. The third kappa shape index (κ3) is 10.6. The highest BCUT2D eigenvalue weighted by Gasteiger charge is 2.47. The van der Waals surface area contributed by atoms with E-state index in [4.69, 9.17) is 0 Å². The van der Waals surface area contributed by atoms with Gasteiger partial charge in [0.15, 0.2) is 0 Å². The Morgan fingerprint density at radius 1 is 0.980 bits per heavy atom. The monoisotopic (exact) mass is 705 g/mol. The van der Waals surface area contributed by atoms with Crippen LogP contribution in [0.1, 0.15) is 101 Å². The molecule has 0 unspecified atom stereocenters. The minimum atomic E-state index is -1.44. The number of likely N-dealkylation sites (N-methyl/N-ethyl adjacent to an activating group) is 2. The van der Waals surface area contributed by atoms with Crippen molar-refractivity contribution < 1.29 is 39.0 Å². The highest BCUT2D eigenvalue weighted by atomic mass is 16.3. The van der Waals surface area contributed by atoms with Gasteiger partial charge >= 0.3 is 0 Å². The average Bonchev–Trinajstić information content (AvgIpc) is 3.60. The second-order valence-corrected chi connectivity index (χ2v) is 15.4. The Hall–Kier alpha value is -3.32. The van der Waals surface area contributed by atoms with Crippen LogP contribution in [0.15, 0.2) is 12.2 Å². The van der Waals surface area contributed by atoms with Crippen LogP contribution in [-0.2, 0) is 28.8 Å². The van der Waals surface area contributed by atoms with Crippen LogP contribution in [0.4, 0.5) is 0 Å². The van der Waals surface area contributed by atoms with E-state index in [-0.39, 0.29) is 30.7 Å². The van der Waals surface area contributed by atoms with E-state index in [1.54, 1.807) is 33.9 Å². The number of carbonyl (C=O) groups excluding carboxylic acids is 6. The van der Waals surface area contributed by atoms with Crippen LogP contribution in [0.5, 0.6) is 0 Å². The van der Waals surface area contributed by atoms with E-state index < -0.39 is 77.9 Å². The molecule has 1 fully saturated rings. The molecule has 2 aliphatic heterocycles. The summed E-state index contributed by atoms with van der Waals surface area (Å²) in [5.74, 6) is -3.59. The first kappa shape index (κ1) is 42.8. The van der Waals surface area contributed by atoms with Gasteiger partial charge < -0.3 is 30.2 Å². The number of unbranched alkanes of at least 4 members (excludes halogenated alkanes) is 1. The fourth-order valence-electron chi connectivity index (χ4n) is 7.18. The van der Waals surface area contributed by atoms with Gasteiger partial charge in [-0.1, -0.05) is 73.8 Å². The van der Waals surface area contributed by atoms with Crippen molar-refractivity contribution in [3.8, 4) is 0 Å². The van der Waals surface area contributed by atoms with Gasteiger partial charge in [-0.2, -0.15) is 0 Å². The average molecular weight is 706 g/mol. The van der Waals surface area contributed by atoms with E-state index in [0.717, 1.165) is 29.1 Å². The van der Waals surface area contributed by atoms with Crippen molar-refractivity contribution in [3.05, 3.63) is 12.2 Å². The molecule has 2 heterocycles. The Labute approximate surface area is 298 Å². The second kappa shape index (κ2) is 18.8. The molecular weight excluding hydrogens is 642 g/mol. The van der Waals surface area contributed by atoms with Crippen LogP contribution >= 0.6 is 0 Å². The Bertz CT molecular complexity index is 1250. The van der Waals surface area contributed by atoms with Gasteiger partial charge in [-0.3, -0.25) is 33.7 Å². The van der Waals surface area contributed by atoms with E-state index in [2.05, 4.69) is 19.2 Å². The quantitative estimate of drug-likeness (QED) is 0.194. The van der Waals surface area contributed by atoms with Crippen LogP contribution in [0.2, 0.25) is 0 Å². The number of amides is 6. The highest BCUT2D eigenvalue weighted by Crippen LogP contribution is 2.27. The molecular formula is C37H63N5O8. The molecule has 9 atom stereocenters. The van der Waals surface area contributed by atoms with Crippen LogP contribution in [0.25, 0.3) is 0 Å². The minimum Gasteiger partial charge on any atom is -0.391 e. The zero-order chi connectivity index (χ0) is 38.2. The van der Waals surface area contributed by atoms with E-state index in [1.165, 1.54) is 29.8 Å². The molecule has 0 saturated carbocycles. The van der Waals surface area contributed by atoms with E-state index in [9.17, 15) is 39.0 Å². The third-order valence-corrected chi connectivity index (χ3v) is 9.98. The van der Waals surface area contributed by atoms with Crippen molar-refractivity contribution in [2.75, 3.05) is 20.6 Å². The van der Waals surface area contributed by atoms with Crippen LogP contribution in [-0.4, -0.2) is 128 Å². The number of aliphatic hydroxyl groups excluding tert-OH is 2. The molecule has 13 heteroatoms. The van der Waals surface area contributed by atoms with Crippen LogP contribution in [0.3, 0.4) is 0 Å². The van der Waals surface area contributed by atoms with Crippen LogP contribution in [0, 0.1) is 23.7 Å². The van der Waals surface area contributed by atoms with Gasteiger partial charge in [0, 0.05) is 39.1 Å². The first-order valence-corrected chi connectivity index (χ1v) is 18.3. The zero-order valence-corrected chi connectivity index (χ0v) is 32.1. The molecule has 2 rings (SSSR count). The van der Waals surface area contributed by atoms with Gasteiger partial charge in [0.1, 0.15) is 24.2 Å². The summed E-state index contributed by atoms with van der Waals surface area (Å²) in [7, 11) is 2.99. The number of nitrogens with one attached hydrogen (secondary N) is 1. The van der Waals surface area contributed by atoms with Gasteiger partial charge in [0.2, 0.25) is 23.6 Å². The number of aliphatic hydroxyl groups is 2. The number of hydrogen-bond acceptors (Lipinski definition) is 8. The number of carbonyl (C=O) groups is 6. The van der Waals surface area contributed by atoms with Gasteiger partial charge in [-0.25, -0.2) is 0 Å². The summed E-state index contributed by atoms with van der Waals surface area (Å²) < 4.78 is 0. The predicted molar refractivity (Wildman–Crippen MR) is 190 cm³/mol. The summed E-state index contributed by atoms with van der Waals surface area (Å²) in [6.07, 6.45) is 4.65. The number of β-amino-alcohol motifs (C(OH)–C–C–N with tert-alkyl or cyclic N) is 1. The molecule has 1 saturated heterocycles. The highest BCUT2D eigenvalue weighted by molar-refractivity contribution is 6.06. The lowest BCUT2D eigenvalue weighted by atomic mass is 9.91. The van der Waals surface area contributed by atoms with Gasteiger partial charge in [-0.05, 0) is 44.4 Å². The molecule has 0 aromatic heterocycles. The molecule has 0 spiro atoms. The van der Waals surface area contributed by atoms with Crippen molar-refractivity contribution in [1.82, 2.24) is 24.9 Å². The summed E-state index contributed by atoms with van der Waals surface area (Å²) in [6, 6.07) is -5.08. The lowest BCUT2D eigenvalue weighted by molar-refractivity contribution is -0.155. The van der Waals surface area contributed by atoms with E-state index in [1.807, 2.05) is 20.8 Å². The zero-order valence-electron chi connectivity index (χ0n) is 32.1. The Kier molecular flexibility index (Phi) is 16.1. The number of likely N-dealkylation sites (tertiary alicyclic amines) is 1. The largest absolute Gasteiger partial charge is 0.391 e. The number of hydrogen-bond donors (Lipinski definition) is 3. The first-order chi connectivity index (χ1) is 23.2. The van der Waals surface area contributed by atoms with Crippen molar-refractivity contribution in [3.63, 3.8) is 0 Å². The first-order valence-electron chi connectivity index (χ1n) is 18.3. The molecule has 2 aliphatic rings. The third-order valence-electron chi connectivity index (χ3n) is 9.98. The van der Waals surface area contributed by atoms with Crippen molar-refractivity contribution in [1.29, 1.82) is 0 Å². The summed E-state index contributed by atoms with van der Waals surface area (Å²) >= 11 is 0. The number of rotatable bonds is 17. The molecule has 0 aromatic rings. The van der Waals surface area contributed by atoms with E-state index in [0.29, 0.717) is 18.8 Å². The minimum absolute atomic E-state index is 0.0344. The van der Waals surface area contributed by atoms with Gasteiger partial charge in [0.05, 0.1) is 18.2 Å². The molecule has 3 N–H and O–H groups in total. The van der Waals surface area contributed by atoms with Crippen molar-refractivity contribution >= 4 is 35.4 Å². The Balaban J connectivity index is 2.30. The maximum atomic E-state index is 14.1. The predicted octanol–water partition coefficient (Wildman–Crippen LogP) is 2.34. The molecule has 0 aliphatic carbocycles. The Morgan fingerprint density at radius 2 is 1.60 bits per heavy atom. The molecule has 13 nitrogen and oxygen atoms in total. The standard InChI is InChI=1S/C37H63N5O8/c1-12-13-14-23(6)18-24(7)34(47)39(10)28(17-21(2)3)33(46)38-31(26(9)43)36(49)40(11)32(22(4)5)37(50)41-20-27(44)19-29(41)35(48)42-25(8)15-16-30(42)45/h15-16,21-29,31-32,43-44H,12-14,17-20H2,1-11H3,(H,38,46)/t23-,24-,25+,26-,27+,28+,29+,31+,32+/m1/s1. The second-order valence-electron chi connectivity index (χ2n) is 15.4. The van der Waals surface area contributed by atoms with Crippen LogP contribution < -0.4 is 5.32 Å². The lowest BCUT2D eigenvalue weighted by Gasteiger charge is -2.38. The van der Waals surface area contributed by atoms with Gasteiger partial charge in [-0.15, -0.1) is 0 Å². The molecule has 0 bridgehead atoms. The summed E-state index contributed by atoms with van der Waals surface area (Å²) in [4.78, 5) is 86.4. The fourth-order valence-corrected chi connectivity index (χ4v) is 7.18. The normalized spacial score (nSPS) is 22.7.